The summed E-state index contributed by atoms with van der Waals surface area (Å²) in [6, 6.07) is 3.09. The van der Waals surface area contributed by atoms with Crippen molar-refractivity contribution in [1.82, 2.24) is 9.71 Å². The average molecular weight is 243 g/mol. The van der Waals surface area contributed by atoms with E-state index in [2.05, 4.69) is 9.71 Å². The fraction of sp³-hybridized carbons (Fsp3) is 0.500. The lowest BCUT2D eigenvalue weighted by molar-refractivity contribution is 0.376. The lowest BCUT2D eigenvalue weighted by atomic mass is 9.95. The summed E-state index contributed by atoms with van der Waals surface area (Å²) < 4.78 is 26.1. The molecule has 1 aromatic rings. The highest BCUT2D eigenvalue weighted by Crippen LogP contribution is 2.13. The number of sulfonamides is 1. The largest absolute Gasteiger partial charge is 0.330 e. The molecule has 0 aliphatic carbocycles. The summed E-state index contributed by atoms with van der Waals surface area (Å²) in [6.07, 6.45) is 2.85. The zero-order valence-corrected chi connectivity index (χ0v) is 10.3. The van der Waals surface area contributed by atoms with Gasteiger partial charge in [0.2, 0.25) is 10.0 Å². The number of nitrogens with zero attached hydrogens (tertiary/aromatic N) is 1. The highest BCUT2D eigenvalue weighted by Gasteiger charge is 2.20. The van der Waals surface area contributed by atoms with Gasteiger partial charge in [0.1, 0.15) is 4.90 Å². The molecule has 0 saturated heterocycles. The molecular formula is C10H17N3O2S. The van der Waals surface area contributed by atoms with Crippen LogP contribution in [-0.4, -0.2) is 26.5 Å². The van der Waals surface area contributed by atoms with Crippen LogP contribution in [0.1, 0.15) is 13.8 Å². The molecule has 0 bridgehead atoms. The second-order valence-electron chi connectivity index (χ2n) is 4.38. The Kier molecular flexibility index (Phi) is 4.01. The van der Waals surface area contributed by atoms with Crippen molar-refractivity contribution in [3.05, 3.63) is 24.5 Å². The van der Waals surface area contributed by atoms with Crippen molar-refractivity contribution in [3.63, 3.8) is 0 Å². The molecule has 0 saturated carbocycles. The van der Waals surface area contributed by atoms with Crippen molar-refractivity contribution in [2.24, 2.45) is 11.1 Å². The zero-order valence-electron chi connectivity index (χ0n) is 9.47. The number of aromatic nitrogens is 1. The summed E-state index contributed by atoms with van der Waals surface area (Å²) in [7, 11) is -3.47. The van der Waals surface area contributed by atoms with Crippen LogP contribution in [0.25, 0.3) is 0 Å². The number of hydrogen-bond acceptors (Lipinski definition) is 4. The van der Waals surface area contributed by atoms with Crippen LogP contribution in [0.15, 0.2) is 29.4 Å². The van der Waals surface area contributed by atoms with E-state index in [4.69, 9.17) is 5.73 Å². The van der Waals surface area contributed by atoms with Gasteiger partial charge in [0, 0.05) is 18.9 Å². The monoisotopic (exact) mass is 243 g/mol. The second-order valence-corrected chi connectivity index (χ2v) is 6.15. The van der Waals surface area contributed by atoms with Gasteiger partial charge in [-0.3, -0.25) is 4.98 Å². The van der Waals surface area contributed by atoms with E-state index in [1.807, 2.05) is 13.8 Å². The Morgan fingerprint density at radius 2 is 2.19 bits per heavy atom. The standard InChI is InChI=1S/C10H17N3O2S/c1-10(2,7-11)8-13-16(14,15)9-4-3-5-12-6-9/h3-6,13H,7-8,11H2,1-2H3. The normalized spacial score (nSPS) is 12.7. The summed E-state index contributed by atoms with van der Waals surface area (Å²) in [6.45, 7) is 4.53. The lowest BCUT2D eigenvalue weighted by Gasteiger charge is -2.22. The number of rotatable bonds is 5. The lowest BCUT2D eigenvalue weighted by Crippen LogP contribution is -2.38. The van der Waals surface area contributed by atoms with Crippen molar-refractivity contribution in [2.45, 2.75) is 18.7 Å². The van der Waals surface area contributed by atoms with Gasteiger partial charge >= 0.3 is 0 Å². The first-order valence-corrected chi connectivity index (χ1v) is 6.45. The Morgan fingerprint density at radius 3 is 2.69 bits per heavy atom. The van der Waals surface area contributed by atoms with E-state index >= 15 is 0 Å². The Balaban J connectivity index is 2.75. The third-order valence-electron chi connectivity index (χ3n) is 2.24. The van der Waals surface area contributed by atoms with Gasteiger partial charge in [-0.1, -0.05) is 13.8 Å². The molecule has 1 aromatic heterocycles. The van der Waals surface area contributed by atoms with Gasteiger partial charge in [-0.15, -0.1) is 0 Å². The first-order valence-electron chi connectivity index (χ1n) is 4.97. The number of pyridine rings is 1. The predicted octanol–water partition coefficient (Wildman–Crippen LogP) is 0.345. The van der Waals surface area contributed by atoms with Gasteiger partial charge in [0.15, 0.2) is 0 Å². The molecule has 6 heteroatoms. The van der Waals surface area contributed by atoms with Gasteiger partial charge < -0.3 is 5.73 Å². The summed E-state index contributed by atoms with van der Waals surface area (Å²) in [5.74, 6) is 0. The highest BCUT2D eigenvalue weighted by atomic mass is 32.2. The quantitative estimate of drug-likeness (QED) is 0.781. The van der Waals surface area contributed by atoms with Gasteiger partial charge in [-0.2, -0.15) is 0 Å². The van der Waals surface area contributed by atoms with E-state index in [1.165, 1.54) is 18.5 Å². The first kappa shape index (κ1) is 13.1. The molecule has 1 heterocycles. The Labute approximate surface area is 96.1 Å². The molecule has 0 aromatic carbocycles. The molecule has 0 fully saturated rings. The van der Waals surface area contributed by atoms with E-state index in [0.717, 1.165) is 0 Å². The Bertz CT molecular complexity index is 429. The van der Waals surface area contributed by atoms with E-state index in [1.54, 1.807) is 6.07 Å². The average Bonchev–Trinajstić information content (AvgIpc) is 2.28. The van der Waals surface area contributed by atoms with Crippen LogP contribution < -0.4 is 10.5 Å². The van der Waals surface area contributed by atoms with Crippen LogP contribution in [0.2, 0.25) is 0 Å². The minimum Gasteiger partial charge on any atom is -0.330 e. The van der Waals surface area contributed by atoms with Crippen LogP contribution in [0.3, 0.4) is 0 Å². The third-order valence-corrected chi connectivity index (χ3v) is 3.62. The molecule has 0 radical (unpaired) electrons. The van der Waals surface area contributed by atoms with Crippen molar-refractivity contribution >= 4 is 10.0 Å². The maximum absolute atomic E-state index is 11.8. The van der Waals surface area contributed by atoms with Crippen molar-refractivity contribution < 1.29 is 8.42 Å². The highest BCUT2D eigenvalue weighted by molar-refractivity contribution is 7.89. The molecule has 1 rings (SSSR count). The molecule has 0 spiro atoms. The molecule has 90 valence electrons. The van der Waals surface area contributed by atoms with E-state index in [0.29, 0.717) is 13.1 Å². The van der Waals surface area contributed by atoms with Gasteiger partial charge in [-0.25, -0.2) is 13.1 Å². The summed E-state index contributed by atoms with van der Waals surface area (Å²) in [4.78, 5) is 3.94. The van der Waals surface area contributed by atoms with E-state index < -0.39 is 10.0 Å². The molecule has 0 amide bonds. The van der Waals surface area contributed by atoms with Gasteiger partial charge in [0.05, 0.1) is 0 Å². The van der Waals surface area contributed by atoms with Crippen LogP contribution in [0.4, 0.5) is 0 Å². The topological polar surface area (TPSA) is 85.1 Å². The zero-order chi connectivity index (χ0) is 12.2. The number of nitrogens with two attached hydrogens (primary N) is 1. The summed E-state index contributed by atoms with van der Waals surface area (Å²) in [5, 5.41) is 0. The molecule has 0 aliphatic rings. The first-order chi connectivity index (χ1) is 7.37. The predicted molar refractivity (Wildman–Crippen MR) is 62.3 cm³/mol. The van der Waals surface area contributed by atoms with Crippen LogP contribution in [-0.2, 0) is 10.0 Å². The SMILES string of the molecule is CC(C)(CN)CNS(=O)(=O)c1cccnc1. The van der Waals surface area contributed by atoms with Crippen molar-refractivity contribution in [2.75, 3.05) is 13.1 Å². The van der Waals surface area contributed by atoms with Gasteiger partial charge in [-0.05, 0) is 24.1 Å². The summed E-state index contributed by atoms with van der Waals surface area (Å²) in [5.41, 5.74) is 5.27. The van der Waals surface area contributed by atoms with Crippen LogP contribution in [0.5, 0.6) is 0 Å². The molecule has 0 unspecified atom stereocenters. The smallest absolute Gasteiger partial charge is 0.242 e. The molecule has 3 N–H and O–H groups in total. The maximum Gasteiger partial charge on any atom is 0.242 e. The van der Waals surface area contributed by atoms with Crippen LogP contribution in [0, 0.1) is 5.41 Å². The van der Waals surface area contributed by atoms with E-state index in [9.17, 15) is 8.42 Å². The van der Waals surface area contributed by atoms with Gasteiger partial charge in [0.25, 0.3) is 0 Å². The van der Waals surface area contributed by atoms with Crippen LogP contribution >= 0.6 is 0 Å². The maximum atomic E-state index is 11.8. The Hall–Kier alpha value is -0.980. The third kappa shape index (κ3) is 3.55. The summed E-state index contributed by atoms with van der Waals surface area (Å²) >= 11 is 0. The van der Waals surface area contributed by atoms with Crippen molar-refractivity contribution in [3.8, 4) is 0 Å². The van der Waals surface area contributed by atoms with Crippen molar-refractivity contribution in [1.29, 1.82) is 0 Å². The fourth-order valence-corrected chi connectivity index (χ4v) is 2.16. The second kappa shape index (κ2) is 4.90. The Morgan fingerprint density at radius 1 is 1.50 bits per heavy atom. The molecule has 0 aliphatic heterocycles. The molecule has 5 nitrogen and oxygen atoms in total. The fourth-order valence-electron chi connectivity index (χ4n) is 0.952. The van der Waals surface area contributed by atoms with E-state index in [-0.39, 0.29) is 10.3 Å². The molecule has 0 atom stereocenters. The molecular weight excluding hydrogens is 226 g/mol. The number of nitrogens with one attached hydrogen (secondary N) is 1. The minimum absolute atomic E-state index is 0.169. The minimum atomic E-state index is -3.47. The molecule has 16 heavy (non-hydrogen) atoms. The number of hydrogen-bond donors (Lipinski definition) is 2.